The van der Waals surface area contributed by atoms with Crippen molar-refractivity contribution in [2.75, 3.05) is 39.6 Å². The van der Waals surface area contributed by atoms with Crippen molar-refractivity contribution in [1.82, 2.24) is 0 Å². The first-order valence-electron chi connectivity index (χ1n) is 43.0. The quantitative estimate of drug-likeness (QED) is 0.0169. The molecule has 0 aliphatic rings. The van der Waals surface area contributed by atoms with Crippen molar-refractivity contribution in [3.63, 3.8) is 0 Å². The van der Waals surface area contributed by atoms with E-state index in [1.165, 1.54) is 64.2 Å². The van der Waals surface area contributed by atoms with Crippen LogP contribution >= 0.6 is 15.6 Å². The van der Waals surface area contributed by atoms with Crippen molar-refractivity contribution in [2.24, 2.45) is 0 Å². The summed E-state index contributed by atoms with van der Waals surface area (Å²) in [6.45, 7) is 4.44. The zero-order valence-corrected chi connectivity index (χ0v) is 71.6. The van der Waals surface area contributed by atoms with Crippen LogP contribution in [0.1, 0.15) is 323 Å². The zero-order chi connectivity index (χ0) is 81.7. The van der Waals surface area contributed by atoms with Gasteiger partial charge in [-0.15, -0.1) is 0 Å². The number of allylic oxidation sites excluding steroid dienone is 30. The number of carbonyl (C=O) groups is 4. The third-order valence-corrected chi connectivity index (χ3v) is 19.3. The predicted molar refractivity (Wildman–Crippen MR) is 463 cm³/mol. The lowest BCUT2D eigenvalue weighted by molar-refractivity contribution is -0.161. The van der Waals surface area contributed by atoms with Crippen LogP contribution in [0.15, 0.2) is 182 Å². The van der Waals surface area contributed by atoms with Gasteiger partial charge >= 0.3 is 39.5 Å². The van der Waals surface area contributed by atoms with E-state index >= 15 is 0 Å². The van der Waals surface area contributed by atoms with Crippen molar-refractivity contribution in [3.8, 4) is 0 Å². The lowest BCUT2D eigenvalue weighted by atomic mass is 10.0. The second kappa shape index (κ2) is 83.1. The van der Waals surface area contributed by atoms with Gasteiger partial charge in [-0.05, 0) is 161 Å². The Balaban J connectivity index is 5.49. The van der Waals surface area contributed by atoms with Crippen LogP contribution in [0, 0.1) is 0 Å². The summed E-state index contributed by atoms with van der Waals surface area (Å²) in [7, 11) is -10.0. The highest BCUT2D eigenvalue weighted by atomic mass is 31.2. The molecule has 19 heteroatoms. The number of esters is 4. The molecule has 0 aromatic carbocycles. The van der Waals surface area contributed by atoms with Crippen LogP contribution in [0.4, 0.5) is 0 Å². The highest BCUT2D eigenvalue weighted by molar-refractivity contribution is 7.47. The smallest absolute Gasteiger partial charge is 0.462 e. The number of unbranched alkanes of at least 4 members (excludes halogenated alkanes) is 23. The Hall–Kier alpha value is -5.84. The molecule has 0 saturated heterocycles. The van der Waals surface area contributed by atoms with Gasteiger partial charge in [-0.2, -0.15) is 0 Å². The van der Waals surface area contributed by atoms with E-state index in [1.807, 2.05) is 0 Å². The number of ether oxygens (including phenoxy) is 4. The largest absolute Gasteiger partial charge is 0.472 e. The van der Waals surface area contributed by atoms with Gasteiger partial charge in [0.15, 0.2) is 12.2 Å². The molecule has 0 saturated carbocycles. The lowest BCUT2D eigenvalue weighted by Crippen LogP contribution is -2.30. The Morgan fingerprint density at radius 3 is 0.714 bits per heavy atom. The average Bonchev–Trinajstić information content (AvgIpc) is 0.898. The first-order chi connectivity index (χ1) is 54.7. The first kappa shape index (κ1) is 106. The summed E-state index contributed by atoms with van der Waals surface area (Å²) in [5.74, 6) is -2.29. The van der Waals surface area contributed by atoms with Crippen LogP contribution in [0.5, 0.6) is 0 Å². The van der Waals surface area contributed by atoms with Crippen LogP contribution in [0.2, 0.25) is 0 Å². The predicted octanol–water partition coefficient (Wildman–Crippen LogP) is 25.9. The van der Waals surface area contributed by atoms with E-state index in [0.717, 1.165) is 180 Å². The molecular formula is C93H152O17P2. The number of phosphoric ester groups is 2. The Kier molecular flexibility index (Phi) is 78.8. The van der Waals surface area contributed by atoms with Crippen molar-refractivity contribution >= 4 is 39.5 Å². The van der Waals surface area contributed by atoms with Gasteiger partial charge in [-0.1, -0.05) is 319 Å². The number of aliphatic hydroxyl groups excluding tert-OH is 1. The molecule has 0 amide bonds. The molecule has 0 fully saturated rings. The van der Waals surface area contributed by atoms with Gasteiger partial charge in [0.05, 0.1) is 26.4 Å². The Morgan fingerprint density at radius 2 is 0.464 bits per heavy atom. The van der Waals surface area contributed by atoms with Crippen LogP contribution in [0.3, 0.4) is 0 Å². The maximum atomic E-state index is 13.2. The second-order valence-corrected chi connectivity index (χ2v) is 30.9. The number of carbonyl (C=O) groups excluding carboxylic acids is 4. The molecule has 0 aliphatic heterocycles. The fourth-order valence-electron chi connectivity index (χ4n) is 10.9. The minimum atomic E-state index is -5.01. The Morgan fingerprint density at radius 1 is 0.259 bits per heavy atom. The van der Waals surface area contributed by atoms with E-state index in [4.69, 9.17) is 37.0 Å². The van der Waals surface area contributed by atoms with E-state index in [-0.39, 0.29) is 25.7 Å². The summed E-state index contributed by atoms with van der Waals surface area (Å²) in [6, 6.07) is 0. The van der Waals surface area contributed by atoms with Crippen LogP contribution in [-0.4, -0.2) is 96.7 Å². The molecule has 0 rings (SSSR count). The molecule has 2 unspecified atom stereocenters. The summed E-state index contributed by atoms with van der Waals surface area (Å²) < 4.78 is 68.8. The fraction of sp³-hybridized carbons (Fsp3) is 0.634. The van der Waals surface area contributed by atoms with Gasteiger partial charge in [-0.25, -0.2) is 9.13 Å². The van der Waals surface area contributed by atoms with Crippen LogP contribution in [0.25, 0.3) is 0 Å². The molecule has 0 aliphatic carbocycles. The molecular weight excluding hydrogens is 1450 g/mol. The van der Waals surface area contributed by atoms with E-state index in [2.05, 4.69) is 210 Å². The van der Waals surface area contributed by atoms with Crippen molar-refractivity contribution in [1.29, 1.82) is 0 Å². The molecule has 0 radical (unpaired) electrons. The lowest BCUT2D eigenvalue weighted by Gasteiger charge is -2.21. The second-order valence-electron chi connectivity index (χ2n) is 28.0. The van der Waals surface area contributed by atoms with E-state index in [9.17, 15) is 43.2 Å². The molecule has 3 N–H and O–H groups in total. The van der Waals surface area contributed by atoms with E-state index in [1.54, 1.807) is 0 Å². The normalized spacial score (nSPS) is 14.7. The van der Waals surface area contributed by atoms with Crippen molar-refractivity contribution in [2.45, 2.75) is 341 Å². The molecule has 112 heavy (non-hydrogen) atoms. The topological polar surface area (TPSA) is 237 Å². The summed E-state index contributed by atoms with van der Waals surface area (Å²) in [5, 5.41) is 10.7. The SMILES string of the molecule is CC/C=C\C/C=C\C/C=C\C/C=C\C/C=C\CCCCCC(=O)OC[C@H](COP(=O)(O)OC[C@@H](O)COP(=O)(O)OC[C@@H](COC(=O)CCCCC/C=C\C/C=C\C/C=C\C/C=C\C/C=C\CC)OC(=O)CCCCCCCCCCCCCCCCC)OC(=O)CCCCC/C=C\C/C=C\C/C=C\C/C=C\C/C=C\CC. The summed E-state index contributed by atoms with van der Waals surface area (Å²) in [6.07, 6.45) is 101. The summed E-state index contributed by atoms with van der Waals surface area (Å²) >= 11 is 0. The highest BCUT2D eigenvalue weighted by Crippen LogP contribution is 2.45. The third-order valence-electron chi connectivity index (χ3n) is 17.4. The fourth-order valence-corrected chi connectivity index (χ4v) is 12.5. The molecule has 17 nitrogen and oxygen atoms in total. The number of rotatable bonds is 79. The molecule has 0 heterocycles. The van der Waals surface area contributed by atoms with Gasteiger partial charge in [0.2, 0.25) is 0 Å². The van der Waals surface area contributed by atoms with Gasteiger partial charge < -0.3 is 33.8 Å². The zero-order valence-electron chi connectivity index (χ0n) is 69.8. The number of aliphatic hydroxyl groups is 1. The van der Waals surface area contributed by atoms with Crippen molar-refractivity contribution < 1.29 is 80.2 Å². The minimum absolute atomic E-state index is 0.0407. The average molecular weight is 1600 g/mol. The Labute approximate surface area is 679 Å². The molecule has 0 spiro atoms. The van der Waals surface area contributed by atoms with Gasteiger partial charge in [0, 0.05) is 25.7 Å². The molecule has 0 aromatic rings. The Bertz CT molecular complexity index is 2840. The van der Waals surface area contributed by atoms with Crippen LogP contribution < -0.4 is 0 Å². The molecule has 636 valence electrons. The van der Waals surface area contributed by atoms with Gasteiger partial charge in [0.25, 0.3) is 0 Å². The summed E-state index contributed by atoms with van der Waals surface area (Å²) in [4.78, 5) is 73.3. The highest BCUT2D eigenvalue weighted by Gasteiger charge is 2.30. The van der Waals surface area contributed by atoms with Crippen molar-refractivity contribution in [3.05, 3.63) is 182 Å². The first-order valence-corrected chi connectivity index (χ1v) is 46.0. The molecule has 0 aromatic heterocycles. The van der Waals surface area contributed by atoms with Gasteiger partial charge in [-0.3, -0.25) is 37.3 Å². The maximum absolute atomic E-state index is 13.2. The standard InChI is InChI=1S/C93H152O17P2/c1-5-9-13-17-21-25-29-33-37-40-43-46-50-53-57-61-65-69-73-77-90(95)103-83-88(109-92(97)79-75-71-67-63-59-55-49-36-32-28-24-20-16-12-8-4)85-107-111(99,100)105-81-87(94)82-106-112(101,102)108-86-89(110-93(98)80-76-72-68-64-60-56-52-48-45-42-39-35-31-27-23-19-15-11-7-3)84-104-91(96)78-74-70-66-62-58-54-51-47-44-41-38-34-30-26-22-18-14-10-6-2/h9-11,13-15,21-23,25-27,33-35,37-39,43-48,53-54,56-58,60,87-89,94H,5-8,12,16-20,24,28-32,36,40-42,49-52,55,59,61-86H2,1-4H3,(H,99,100)(H,101,102)/b13-9-,14-10-,15-11-,25-21-,26-22-,27-23-,37-33-,38-34-,39-35-,46-43-,47-44-,48-45-,57-53-,58-54-,60-56-/t87-,88+,89+/m0/s1. The maximum Gasteiger partial charge on any atom is 0.472 e. The molecule has 0 bridgehead atoms. The number of hydrogen-bond acceptors (Lipinski definition) is 15. The molecule has 5 atom stereocenters. The monoisotopic (exact) mass is 1600 g/mol. The van der Waals surface area contributed by atoms with Gasteiger partial charge in [0.1, 0.15) is 19.3 Å². The van der Waals surface area contributed by atoms with E-state index in [0.29, 0.717) is 25.7 Å². The van der Waals surface area contributed by atoms with Crippen LogP contribution in [-0.2, 0) is 65.4 Å². The van der Waals surface area contributed by atoms with E-state index < -0.39 is 97.5 Å². The summed E-state index contributed by atoms with van der Waals surface area (Å²) in [5.41, 5.74) is 0. The number of hydrogen-bond donors (Lipinski definition) is 3. The number of phosphoric acid groups is 2. The third kappa shape index (κ3) is 82.2. The minimum Gasteiger partial charge on any atom is -0.462 e.